The Balaban J connectivity index is 2.12. The Morgan fingerprint density at radius 1 is 1.32 bits per heavy atom. The lowest BCUT2D eigenvalue weighted by Crippen LogP contribution is -2.23. The molecule has 22 heavy (non-hydrogen) atoms. The fraction of sp³-hybridized carbons (Fsp3) is 0.500. The number of hydrogen-bond acceptors (Lipinski definition) is 3. The van der Waals surface area contributed by atoms with Gasteiger partial charge in [0.15, 0.2) is 0 Å². The molecule has 1 aromatic carbocycles. The maximum Gasteiger partial charge on any atom is 0.123 e. The fourth-order valence-corrected chi connectivity index (χ4v) is 3.94. The smallest absolute Gasteiger partial charge is 0.123 e. The highest BCUT2D eigenvalue weighted by atomic mass is 19.1. The van der Waals surface area contributed by atoms with Crippen molar-refractivity contribution in [3.63, 3.8) is 0 Å². The molecule has 1 N–H and O–H groups in total. The number of rotatable bonds is 4. The monoisotopic (exact) mass is 303 g/mol. The van der Waals surface area contributed by atoms with E-state index in [0.29, 0.717) is 5.92 Å². The maximum atomic E-state index is 13.2. The van der Waals surface area contributed by atoms with Gasteiger partial charge in [0.05, 0.1) is 11.8 Å². The minimum Gasteiger partial charge on any atom is -0.399 e. The molecule has 2 aliphatic carbocycles. The van der Waals surface area contributed by atoms with Gasteiger partial charge in [-0.2, -0.15) is 0 Å². The molecule has 1 fully saturated rings. The Morgan fingerprint density at radius 3 is 2.68 bits per heavy atom. The summed E-state index contributed by atoms with van der Waals surface area (Å²) in [5, 5.41) is 14.6. The normalized spacial score (nSPS) is 28.2. The van der Waals surface area contributed by atoms with Crippen LogP contribution >= 0.6 is 0 Å². The number of hydrogen-bond donors (Lipinski definition) is 1. The number of nitrogens with zero attached hydrogens (tertiary/aromatic N) is 1. The van der Waals surface area contributed by atoms with Crippen LogP contribution in [0.2, 0.25) is 0 Å². The fourth-order valence-electron chi connectivity index (χ4n) is 3.94. The van der Waals surface area contributed by atoms with E-state index in [0.717, 1.165) is 42.5 Å². The first-order valence-corrected chi connectivity index (χ1v) is 7.91. The molecule has 118 valence electrons. The summed E-state index contributed by atoms with van der Waals surface area (Å²) in [6, 6.07) is 6.63. The lowest BCUT2D eigenvalue weighted by atomic mass is 9.77. The van der Waals surface area contributed by atoms with E-state index >= 15 is 0 Å². The Labute approximate surface area is 130 Å². The molecule has 0 aromatic heterocycles. The summed E-state index contributed by atoms with van der Waals surface area (Å²) < 4.78 is 13.2. The van der Waals surface area contributed by atoms with Crippen LogP contribution in [-0.4, -0.2) is 24.0 Å². The molecule has 2 unspecified atom stereocenters. The van der Waals surface area contributed by atoms with Crippen LogP contribution in [0.4, 0.5) is 4.39 Å². The molecule has 3 atom stereocenters. The number of oxime groups is 1. The Kier molecular flexibility index (Phi) is 4.30. The zero-order valence-corrected chi connectivity index (χ0v) is 13.1. The number of fused-ring (bicyclic) bond motifs is 2. The molecule has 1 saturated carbocycles. The third-order valence-corrected chi connectivity index (χ3v) is 4.86. The molecule has 4 heteroatoms. The SMILES string of the molecule is CCC(=NOC)C1=C(c2ccc(F)cc2)CC2CC(O)[C@H]1C2. The topological polar surface area (TPSA) is 41.8 Å². The van der Waals surface area contributed by atoms with Crippen LogP contribution in [0.15, 0.2) is 35.0 Å². The van der Waals surface area contributed by atoms with Crippen molar-refractivity contribution in [3.05, 3.63) is 41.2 Å². The average Bonchev–Trinajstić information content (AvgIpc) is 2.81. The van der Waals surface area contributed by atoms with E-state index in [1.165, 1.54) is 17.7 Å². The predicted octanol–water partition coefficient (Wildman–Crippen LogP) is 3.78. The van der Waals surface area contributed by atoms with Crippen LogP contribution < -0.4 is 0 Å². The Bertz CT molecular complexity index is 606. The van der Waals surface area contributed by atoms with E-state index in [-0.39, 0.29) is 17.8 Å². The van der Waals surface area contributed by atoms with Gasteiger partial charge in [-0.15, -0.1) is 0 Å². The van der Waals surface area contributed by atoms with E-state index in [2.05, 4.69) is 5.16 Å². The van der Waals surface area contributed by atoms with E-state index in [1.54, 1.807) is 7.11 Å². The van der Waals surface area contributed by atoms with Crippen molar-refractivity contribution in [1.82, 2.24) is 0 Å². The standard InChI is InChI=1S/C18H22FNO2/c1-3-16(20-22-2)18-14(12-4-6-13(19)7-5-12)8-11-9-15(18)17(21)10-11/h4-7,11,15,17,21H,3,8-10H2,1-2H3/t11?,15-,17?/m1/s1. The van der Waals surface area contributed by atoms with Gasteiger partial charge in [0.1, 0.15) is 12.9 Å². The highest BCUT2D eigenvalue weighted by Gasteiger charge is 2.42. The Morgan fingerprint density at radius 2 is 2.05 bits per heavy atom. The minimum atomic E-state index is -0.313. The van der Waals surface area contributed by atoms with Gasteiger partial charge in [-0.25, -0.2) is 4.39 Å². The van der Waals surface area contributed by atoms with Crippen LogP contribution in [0, 0.1) is 17.7 Å². The van der Waals surface area contributed by atoms with Gasteiger partial charge in [-0.3, -0.25) is 0 Å². The third-order valence-electron chi connectivity index (χ3n) is 4.86. The first kappa shape index (κ1) is 15.2. The van der Waals surface area contributed by atoms with Crippen molar-refractivity contribution in [2.24, 2.45) is 17.0 Å². The summed E-state index contributed by atoms with van der Waals surface area (Å²) in [5.74, 6) is 0.392. The van der Waals surface area contributed by atoms with Crippen molar-refractivity contribution < 1.29 is 14.3 Å². The second-order valence-corrected chi connectivity index (χ2v) is 6.19. The van der Waals surface area contributed by atoms with E-state index < -0.39 is 0 Å². The van der Waals surface area contributed by atoms with Crippen LogP contribution in [0.5, 0.6) is 0 Å². The van der Waals surface area contributed by atoms with Crippen molar-refractivity contribution in [1.29, 1.82) is 0 Å². The van der Waals surface area contributed by atoms with Gasteiger partial charge in [-0.1, -0.05) is 24.2 Å². The molecule has 2 bridgehead atoms. The molecule has 3 rings (SSSR count). The van der Waals surface area contributed by atoms with Gasteiger partial charge in [0.25, 0.3) is 0 Å². The summed E-state index contributed by atoms with van der Waals surface area (Å²) in [4.78, 5) is 5.01. The van der Waals surface area contributed by atoms with Gasteiger partial charge in [0.2, 0.25) is 0 Å². The number of allylic oxidation sites excluding steroid dienone is 1. The molecule has 0 saturated heterocycles. The number of benzene rings is 1. The van der Waals surface area contributed by atoms with E-state index in [1.807, 2.05) is 19.1 Å². The summed E-state index contributed by atoms with van der Waals surface area (Å²) in [6.45, 7) is 2.04. The first-order valence-electron chi connectivity index (χ1n) is 7.91. The van der Waals surface area contributed by atoms with Gasteiger partial charge >= 0.3 is 0 Å². The highest BCUT2D eigenvalue weighted by molar-refractivity contribution is 6.07. The summed E-state index contributed by atoms with van der Waals surface area (Å²) in [7, 11) is 1.55. The zero-order chi connectivity index (χ0) is 15.7. The van der Waals surface area contributed by atoms with Crippen LogP contribution in [0.3, 0.4) is 0 Å². The molecule has 0 spiro atoms. The van der Waals surface area contributed by atoms with Crippen LogP contribution in [0.1, 0.15) is 38.2 Å². The molecule has 0 heterocycles. The maximum absolute atomic E-state index is 13.2. The van der Waals surface area contributed by atoms with Crippen LogP contribution in [-0.2, 0) is 4.84 Å². The quantitative estimate of drug-likeness (QED) is 0.679. The highest BCUT2D eigenvalue weighted by Crippen LogP contribution is 2.49. The molecule has 0 amide bonds. The van der Waals surface area contributed by atoms with Crippen molar-refractivity contribution in [2.75, 3.05) is 7.11 Å². The zero-order valence-electron chi connectivity index (χ0n) is 13.1. The van der Waals surface area contributed by atoms with Gasteiger partial charge in [0, 0.05) is 5.92 Å². The largest absolute Gasteiger partial charge is 0.399 e. The molecular formula is C18H22FNO2. The van der Waals surface area contributed by atoms with E-state index in [4.69, 9.17) is 4.84 Å². The molecule has 0 aliphatic heterocycles. The molecule has 0 radical (unpaired) electrons. The second kappa shape index (κ2) is 6.21. The lowest BCUT2D eigenvalue weighted by molar-refractivity contribution is 0.149. The number of aliphatic hydroxyl groups is 1. The van der Waals surface area contributed by atoms with Crippen molar-refractivity contribution in [3.8, 4) is 0 Å². The van der Waals surface area contributed by atoms with Gasteiger partial charge in [-0.05, 0) is 60.4 Å². The van der Waals surface area contributed by atoms with Crippen LogP contribution in [0.25, 0.3) is 5.57 Å². The minimum absolute atomic E-state index is 0.118. The molecule has 2 aliphatic rings. The third kappa shape index (κ3) is 2.68. The Hall–Kier alpha value is -1.68. The first-order chi connectivity index (χ1) is 10.6. The number of halogens is 1. The summed E-state index contributed by atoms with van der Waals surface area (Å²) in [6.07, 6.45) is 3.19. The van der Waals surface area contributed by atoms with Gasteiger partial charge < -0.3 is 9.94 Å². The average molecular weight is 303 g/mol. The lowest BCUT2D eigenvalue weighted by Gasteiger charge is -2.28. The summed E-state index contributed by atoms with van der Waals surface area (Å²) >= 11 is 0. The predicted molar refractivity (Wildman–Crippen MR) is 84.9 cm³/mol. The summed E-state index contributed by atoms with van der Waals surface area (Å²) in [5.41, 5.74) is 4.22. The van der Waals surface area contributed by atoms with Crippen molar-refractivity contribution >= 4 is 11.3 Å². The number of aliphatic hydroxyl groups excluding tert-OH is 1. The molecular weight excluding hydrogens is 281 g/mol. The van der Waals surface area contributed by atoms with Crippen molar-refractivity contribution in [2.45, 2.75) is 38.7 Å². The second-order valence-electron chi connectivity index (χ2n) is 6.19. The van der Waals surface area contributed by atoms with E-state index in [9.17, 15) is 9.50 Å². The molecule has 1 aromatic rings. The molecule has 3 nitrogen and oxygen atoms in total.